The number of anilines is 1. The van der Waals surface area contributed by atoms with Crippen molar-refractivity contribution in [3.05, 3.63) is 102 Å². The Morgan fingerprint density at radius 2 is 1.70 bits per heavy atom. The summed E-state index contributed by atoms with van der Waals surface area (Å²) in [5.74, 6) is 1.58. The van der Waals surface area contributed by atoms with Crippen molar-refractivity contribution in [1.82, 2.24) is 19.8 Å². The molecule has 1 saturated heterocycles. The van der Waals surface area contributed by atoms with Gasteiger partial charge in [0.1, 0.15) is 17.7 Å². The van der Waals surface area contributed by atoms with Crippen molar-refractivity contribution >= 4 is 45.9 Å². The number of hydrogen-bond donors (Lipinski definition) is 1. The Kier molecular flexibility index (Phi) is 17.6. The Morgan fingerprint density at radius 3 is 2.28 bits per heavy atom. The molecule has 1 fully saturated rings. The number of para-hydroxylation sites is 1. The summed E-state index contributed by atoms with van der Waals surface area (Å²) in [6, 6.07) is 15.7. The maximum absolute atomic E-state index is 12.5. The van der Waals surface area contributed by atoms with Crippen LogP contribution < -0.4 is 5.32 Å². The van der Waals surface area contributed by atoms with Gasteiger partial charge in [-0.3, -0.25) is 9.80 Å². The molecule has 1 N–H and O–H groups in total. The van der Waals surface area contributed by atoms with Crippen molar-refractivity contribution in [2.24, 2.45) is 5.92 Å². The average molecular weight is 669 g/mol. The standard InChI is InChI=1S/C33H41Cl2N5O2.C2H6.C2H4/c1-5-9-24(10-8-17-34)31(25-13-15-26(35)16-14-25)40-20-18-39(19-21-40)22-29-36-28-12-7-6-11-27(28)32(37-29)38-30(23(2)3)33(41)42-4;2*1-2/h6-16,23,30-31H,5,17-22H2,1-4H3,(H,36,37,38);1-2H3;1-2H2/b10-8-,24-9+;;. The van der Waals surface area contributed by atoms with Gasteiger partial charge in [-0.1, -0.05) is 88.7 Å². The molecule has 4 rings (SSSR count). The zero-order valence-corrected chi connectivity index (χ0v) is 29.8. The van der Waals surface area contributed by atoms with Crippen LogP contribution in [0, 0.1) is 5.92 Å². The molecule has 0 saturated carbocycles. The summed E-state index contributed by atoms with van der Waals surface area (Å²) in [5.41, 5.74) is 3.30. The van der Waals surface area contributed by atoms with Crippen LogP contribution in [-0.2, 0) is 16.1 Å². The van der Waals surface area contributed by atoms with Crippen LogP contribution in [0.25, 0.3) is 10.9 Å². The average Bonchev–Trinajstić information content (AvgIpc) is 3.09. The smallest absolute Gasteiger partial charge is 0.328 e. The highest BCUT2D eigenvalue weighted by molar-refractivity contribution is 6.30. The highest BCUT2D eigenvalue weighted by atomic mass is 35.5. The molecule has 7 nitrogen and oxygen atoms in total. The Labute approximate surface area is 286 Å². The monoisotopic (exact) mass is 667 g/mol. The Bertz CT molecular complexity index is 1400. The van der Waals surface area contributed by atoms with E-state index in [-0.39, 0.29) is 17.9 Å². The lowest BCUT2D eigenvalue weighted by molar-refractivity contribution is -0.142. The van der Waals surface area contributed by atoms with Gasteiger partial charge in [-0.05, 0) is 47.7 Å². The molecular formula is C37H51Cl2N5O2. The van der Waals surface area contributed by atoms with Gasteiger partial charge in [-0.25, -0.2) is 14.8 Å². The highest BCUT2D eigenvalue weighted by Crippen LogP contribution is 2.32. The van der Waals surface area contributed by atoms with Crippen molar-refractivity contribution in [1.29, 1.82) is 0 Å². The van der Waals surface area contributed by atoms with Crippen LogP contribution in [0.5, 0.6) is 0 Å². The maximum Gasteiger partial charge on any atom is 0.328 e. The maximum atomic E-state index is 12.5. The fourth-order valence-corrected chi connectivity index (χ4v) is 5.62. The molecule has 0 aliphatic carbocycles. The molecule has 2 unspecified atom stereocenters. The van der Waals surface area contributed by atoms with Crippen LogP contribution in [0.15, 0.2) is 85.5 Å². The van der Waals surface area contributed by atoms with E-state index in [1.807, 2.05) is 70.2 Å². The van der Waals surface area contributed by atoms with Crippen molar-refractivity contribution in [2.45, 2.75) is 59.7 Å². The van der Waals surface area contributed by atoms with Gasteiger partial charge in [0.25, 0.3) is 0 Å². The second-order valence-electron chi connectivity index (χ2n) is 10.8. The molecule has 2 heterocycles. The molecule has 1 aliphatic rings. The number of carbonyl (C=O) groups excluding carboxylic acids is 1. The second kappa shape index (κ2) is 20.8. The number of benzene rings is 2. The number of aromatic nitrogens is 2. The van der Waals surface area contributed by atoms with E-state index in [1.165, 1.54) is 18.2 Å². The summed E-state index contributed by atoms with van der Waals surface area (Å²) in [4.78, 5) is 27.2. The van der Waals surface area contributed by atoms with Crippen LogP contribution in [-0.4, -0.2) is 70.9 Å². The van der Waals surface area contributed by atoms with E-state index < -0.39 is 6.04 Å². The van der Waals surface area contributed by atoms with E-state index in [2.05, 4.69) is 59.5 Å². The largest absolute Gasteiger partial charge is 0.467 e. The van der Waals surface area contributed by atoms with Crippen LogP contribution in [0.3, 0.4) is 0 Å². The minimum atomic E-state index is -0.507. The van der Waals surface area contributed by atoms with Crippen LogP contribution in [0.1, 0.15) is 58.5 Å². The second-order valence-corrected chi connectivity index (χ2v) is 11.6. The summed E-state index contributed by atoms with van der Waals surface area (Å²) in [5, 5.41) is 4.96. The van der Waals surface area contributed by atoms with E-state index in [0.717, 1.165) is 54.3 Å². The first kappa shape index (κ1) is 39.0. The molecule has 1 aliphatic heterocycles. The zero-order valence-electron chi connectivity index (χ0n) is 28.3. The summed E-state index contributed by atoms with van der Waals surface area (Å²) in [7, 11) is 1.41. The number of esters is 1. The lowest BCUT2D eigenvalue weighted by Crippen LogP contribution is -2.47. The molecule has 0 bridgehead atoms. The first-order valence-corrected chi connectivity index (χ1v) is 17.0. The van der Waals surface area contributed by atoms with Gasteiger partial charge >= 0.3 is 5.97 Å². The van der Waals surface area contributed by atoms with Gasteiger partial charge in [0.15, 0.2) is 0 Å². The Balaban J connectivity index is 0.00000177. The van der Waals surface area contributed by atoms with Crippen LogP contribution in [0.4, 0.5) is 5.82 Å². The SMILES string of the molecule is C=C.CC.CC/C=C(\C=C/CCl)C(c1ccc(Cl)cc1)N1CCN(Cc2nc(NC(C(=O)OC)C(C)C)c3ccccc3n2)CC1. The van der Waals surface area contributed by atoms with Gasteiger partial charge in [0, 0.05) is 42.5 Å². The van der Waals surface area contributed by atoms with E-state index in [1.54, 1.807) is 0 Å². The molecule has 0 radical (unpaired) electrons. The van der Waals surface area contributed by atoms with Crippen molar-refractivity contribution < 1.29 is 9.53 Å². The molecule has 0 amide bonds. The lowest BCUT2D eigenvalue weighted by atomic mass is 9.95. The summed E-state index contributed by atoms with van der Waals surface area (Å²) in [6.45, 7) is 20.3. The number of carbonyl (C=O) groups is 1. The van der Waals surface area contributed by atoms with Gasteiger partial charge in [-0.15, -0.1) is 24.8 Å². The van der Waals surface area contributed by atoms with Crippen molar-refractivity contribution in [3.8, 4) is 0 Å². The first-order chi connectivity index (χ1) is 22.3. The molecular weight excluding hydrogens is 617 g/mol. The number of piperazine rings is 1. The number of rotatable bonds is 12. The zero-order chi connectivity index (χ0) is 34.1. The van der Waals surface area contributed by atoms with E-state index >= 15 is 0 Å². The molecule has 2 atom stereocenters. The molecule has 2 aromatic carbocycles. The van der Waals surface area contributed by atoms with Gasteiger partial charge in [-0.2, -0.15) is 0 Å². The normalized spacial score (nSPS) is 15.5. The number of nitrogens with zero attached hydrogens (tertiary/aromatic N) is 4. The Hall–Kier alpha value is -3.23. The minimum Gasteiger partial charge on any atom is -0.467 e. The third-order valence-corrected chi connectivity index (χ3v) is 7.97. The predicted octanol–water partition coefficient (Wildman–Crippen LogP) is 8.71. The predicted molar refractivity (Wildman–Crippen MR) is 196 cm³/mol. The van der Waals surface area contributed by atoms with Crippen molar-refractivity contribution in [2.75, 3.05) is 44.5 Å². The highest BCUT2D eigenvalue weighted by Gasteiger charge is 2.28. The van der Waals surface area contributed by atoms with Gasteiger partial charge in [0.2, 0.25) is 0 Å². The lowest BCUT2D eigenvalue weighted by Gasteiger charge is -2.40. The Morgan fingerprint density at radius 1 is 1.04 bits per heavy atom. The molecule has 9 heteroatoms. The quantitative estimate of drug-likeness (QED) is 0.0896. The number of hydrogen-bond acceptors (Lipinski definition) is 7. The third kappa shape index (κ3) is 10.9. The van der Waals surface area contributed by atoms with Crippen LogP contribution in [0.2, 0.25) is 5.02 Å². The molecule has 3 aromatic rings. The number of fused-ring (bicyclic) bond motifs is 1. The number of ether oxygens (including phenoxy) is 1. The van der Waals surface area contributed by atoms with Crippen LogP contribution >= 0.6 is 23.2 Å². The topological polar surface area (TPSA) is 70.6 Å². The van der Waals surface area contributed by atoms with E-state index in [9.17, 15) is 4.79 Å². The molecule has 0 spiro atoms. The fraction of sp³-hybridized carbons (Fsp3) is 0.432. The third-order valence-electron chi connectivity index (χ3n) is 7.54. The molecule has 250 valence electrons. The fourth-order valence-electron chi connectivity index (χ4n) is 5.40. The number of methoxy groups -OCH3 is 1. The van der Waals surface area contributed by atoms with Gasteiger partial charge in [0.05, 0.1) is 25.2 Å². The number of nitrogens with one attached hydrogen (secondary N) is 1. The first-order valence-electron chi connectivity index (χ1n) is 16.1. The summed E-state index contributed by atoms with van der Waals surface area (Å²) < 4.78 is 5.05. The number of halogens is 2. The van der Waals surface area contributed by atoms with E-state index in [0.29, 0.717) is 18.2 Å². The molecule has 1 aromatic heterocycles. The number of allylic oxidation sites excluding steroid dienone is 2. The van der Waals surface area contributed by atoms with Gasteiger partial charge < -0.3 is 10.1 Å². The summed E-state index contributed by atoms with van der Waals surface area (Å²) in [6.07, 6.45) is 7.38. The number of alkyl halides is 1. The minimum absolute atomic E-state index is 0.0298. The molecule has 46 heavy (non-hydrogen) atoms. The summed E-state index contributed by atoms with van der Waals surface area (Å²) >= 11 is 12.3. The van der Waals surface area contributed by atoms with E-state index in [4.69, 9.17) is 37.9 Å². The van der Waals surface area contributed by atoms with Crippen molar-refractivity contribution in [3.63, 3.8) is 0 Å².